The molecule has 1 unspecified atom stereocenters. The Morgan fingerprint density at radius 2 is 1.93 bits per heavy atom. The van der Waals surface area contributed by atoms with Gasteiger partial charge in [-0.25, -0.2) is 0 Å². The summed E-state index contributed by atoms with van der Waals surface area (Å²) < 4.78 is 11.6. The van der Waals surface area contributed by atoms with Crippen LogP contribution in [0, 0.1) is 17.3 Å². The molecular formula is C24H38O3. The molecule has 0 bridgehead atoms. The lowest BCUT2D eigenvalue weighted by Gasteiger charge is -2.57. The van der Waals surface area contributed by atoms with Gasteiger partial charge in [-0.15, -0.1) is 0 Å². The van der Waals surface area contributed by atoms with Gasteiger partial charge in [-0.2, -0.15) is 0 Å². The van der Waals surface area contributed by atoms with Crippen LogP contribution in [0.4, 0.5) is 0 Å². The van der Waals surface area contributed by atoms with Crippen molar-refractivity contribution in [2.75, 3.05) is 13.7 Å². The van der Waals surface area contributed by atoms with Gasteiger partial charge in [0.15, 0.2) is 0 Å². The van der Waals surface area contributed by atoms with Gasteiger partial charge >= 0.3 is 0 Å². The van der Waals surface area contributed by atoms with Crippen molar-refractivity contribution < 1.29 is 14.6 Å². The van der Waals surface area contributed by atoms with Crippen molar-refractivity contribution in [3.05, 3.63) is 29.3 Å². The number of hydrogen-bond acceptors (Lipinski definition) is 3. The summed E-state index contributed by atoms with van der Waals surface area (Å²) >= 11 is 0. The van der Waals surface area contributed by atoms with Gasteiger partial charge in [-0.1, -0.05) is 26.8 Å². The molecule has 152 valence electrons. The second kappa shape index (κ2) is 7.75. The maximum Gasteiger partial charge on any atom is 0.119 e. The van der Waals surface area contributed by atoms with Crippen LogP contribution in [-0.2, 0) is 16.6 Å². The summed E-state index contributed by atoms with van der Waals surface area (Å²) in [5.74, 6) is 2.22. The van der Waals surface area contributed by atoms with E-state index in [0.717, 1.165) is 18.8 Å². The van der Waals surface area contributed by atoms with Crippen molar-refractivity contribution in [3.63, 3.8) is 0 Å². The fraction of sp³-hybridized carbons (Fsp3) is 0.750. The number of aliphatic hydroxyl groups is 1. The molecule has 0 radical (unpaired) electrons. The number of ether oxygens (including phenoxy) is 2. The van der Waals surface area contributed by atoms with E-state index >= 15 is 0 Å². The van der Waals surface area contributed by atoms with Crippen LogP contribution >= 0.6 is 0 Å². The first kappa shape index (κ1) is 20.7. The van der Waals surface area contributed by atoms with Crippen molar-refractivity contribution in [1.29, 1.82) is 0 Å². The number of rotatable bonds is 6. The predicted molar refractivity (Wildman–Crippen MR) is 110 cm³/mol. The molecule has 1 saturated carbocycles. The average Bonchev–Trinajstić information content (AvgIpc) is 2.59. The van der Waals surface area contributed by atoms with Gasteiger partial charge in [0.05, 0.1) is 25.9 Å². The smallest absolute Gasteiger partial charge is 0.119 e. The first-order valence-electron chi connectivity index (χ1n) is 10.7. The number of aliphatic hydroxyl groups excluding tert-OH is 1. The minimum atomic E-state index is -0.297. The fourth-order valence-corrected chi connectivity index (χ4v) is 6.03. The third kappa shape index (κ3) is 3.91. The summed E-state index contributed by atoms with van der Waals surface area (Å²) in [7, 11) is 1.75. The van der Waals surface area contributed by atoms with Crippen molar-refractivity contribution in [3.8, 4) is 5.75 Å². The highest BCUT2D eigenvalue weighted by atomic mass is 16.5. The molecule has 5 atom stereocenters. The van der Waals surface area contributed by atoms with Gasteiger partial charge in [0, 0.05) is 0 Å². The molecule has 3 nitrogen and oxygen atoms in total. The zero-order valence-electron chi connectivity index (χ0n) is 18.0. The van der Waals surface area contributed by atoms with E-state index < -0.39 is 0 Å². The Morgan fingerprint density at radius 1 is 1.19 bits per heavy atom. The zero-order chi connectivity index (χ0) is 19.8. The monoisotopic (exact) mass is 374 g/mol. The van der Waals surface area contributed by atoms with Crippen molar-refractivity contribution >= 4 is 0 Å². The molecule has 2 aliphatic carbocycles. The number of hydrogen-bond donors (Lipinski definition) is 1. The van der Waals surface area contributed by atoms with Gasteiger partial charge < -0.3 is 14.6 Å². The molecule has 3 rings (SSSR count). The minimum absolute atomic E-state index is 0.119. The second-order valence-corrected chi connectivity index (χ2v) is 9.82. The summed E-state index contributed by atoms with van der Waals surface area (Å²) in [5, 5.41) is 9.59. The Bertz CT molecular complexity index is 651. The molecule has 1 fully saturated rings. The van der Waals surface area contributed by atoms with Crippen LogP contribution in [0.3, 0.4) is 0 Å². The van der Waals surface area contributed by atoms with E-state index in [1.807, 2.05) is 6.92 Å². The van der Waals surface area contributed by atoms with Crippen molar-refractivity contribution in [2.45, 2.75) is 84.3 Å². The number of benzene rings is 1. The molecule has 0 aliphatic heterocycles. The van der Waals surface area contributed by atoms with E-state index in [4.69, 9.17) is 9.47 Å². The number of methoxy groups -OCH3 is 1. The summed E-state index contributed by atoms with van der Waals surface area (Å²) in [4.78, 5) is 0. The molecule has 0 aromatic heterocycles. The van der Waals surface area contributed by atoms with E-state index in [-0.39, 0.29) is 23.0 Å². The van der Waals surface area contributed by atoms with Gasteiger partial charge in [0.25, 0.3) is 0 Å². The third-order valence-corrected chi connectivity index (χ3v) is 7.62. The first-order chi connectivity index (χ1) is 12.7. The lowest BCUT2D eigenvalue weighted by Crippen LogP contribution is -2.52. The predicted octanol–water partition coefficient (Wildman–Crippen LogP) is 5.13. The van der Waals surface area contributed by atoms with Crippen molar-refractivity contribution in [2.24, 2.45) is 17.3 Å². The highest BCUT2D eigenvalue weighted by Crippen LogP contribution is 2.59. The molecule has 0 amide bonds. The fourth-order valence-electron chi connectivity index (χ4n) is 6.03. The SMILES string of the molecule is COc1ccc2c(c1)CC[C@H]1C(C)(C)C(CO[C@H](C)C[C@@H](C)O)CC[C@]21C. The van der Waals surface area contributed by atoms with Crippen LogP contribution in [0.5, 0.6) is 5.75 Å². The second-order valence-electron chi connectivity index (χ2n) is 9.82. The Labute approximate surface area is 165 Å². The standard InChI is InChI=1S/C24H38O3/c1-16(25)13-17(2)27-15-19-11-12-24(5)21-9-8-20(26-6)14-18(21)7-10-22(24)23(19,3)4/h8-9,14,16-17,19,22,25H,7,10-13,15H2,1-6H3/t16-,17-,19?,22+,24-/m1/s1. The first-order valence-corrected chi connectivity index (χ1v) is 10.7. The molecule has 1 N–H and O–H groups in total. The van der Waals surface area contributed by atoms with E-state index in [1.54, 1.807) is 7.11 Å². The number of aryl methyl sites for hydroxylation is 1. The third-order valence-electron chi connectivity index (χ3n) is 7.62. The Hall–Kier alpha value is -1.06. The summed E-state index contributed by atoms with van der Waals surface area (Å²) in [6.07, 6.45) is 5.34. The molecule has 2 aliphatic rings. The Balaban J connectivity index is 1.77. The molecule has 0 spiro atoms. The maximum atomic E-state index is 9.59. The number of fused-ring (bicyclic) bond motifs is 3. The average molecular weight is 375 g/mol. The lowest BCUT2D eigenvalue weighted by atomic mass is 9.47. The molecule has 3 heteroatoms. The normalized spacial score (nSPS) is 31.5. The van der Waals surface area contributed by atoms with Crippen LogP contribution in [-0.4, -0.2) is 31.0 Å². The minimum Gasteiger partial charge on any atom is -0.497 e. The van der Waals surface area contributed by atoms with Crippen molar-refractivity contribution in [1.82, 2.24) is 0 Å². The van der Waals surface area contributed by atoms with Crippen LogP contribution in [0.25, 0.3) is 0 Å². The Kier molecular flexibility index (Phi) is 5.93. The van der Waals surface area contributed by atoms with E-state index in [9.17, 15) is 5.11 Å². The van der Waals surface area contributed by atoms with E-state index in [0.29, 0.717) is 18.3 Å². The van der Waals surface area contributed by atoms with E-state index in [1.165, 1.54) is 30.4 Å². The van der Waals surface area contributed by atoms with Crippen LogP contribution < -0.4 is 4.74 Å². The summed E-state index contributed by atoms with van der Waals surface area (Å²) in [6, 6.07) is 6.70. The molecule has 0 heterocycles. The van der Waals surface area contributed by atoms with Gasteiger partial charge in [-0.05, 0) is 91.9 Å². The van der Waals surface area contributed by atoms with Crippen LogP contribution in [0.2, 0.25) is 0 Å². The molecule has 27 heavy (non-hydrogen) atoms. The lowest BCUT2D eigenvalue weighted by molar-refractivity contribution is -0.0730. The Morgan fingerprint density at radius 3 is 2.59 bits per heavy atom. The molecule has 1 aromatic rings. The van der Waals surface area contributed by atoms with E-state index in [2.05, 4.69) is 45.9 Å². The van der Waals surface area contributed by atoms with Gasteiger partial charge in [0.1, 0.15) is 5.75 Å². The molecule has 0 saturated heterocycles. The largest absolute Gasteiger partial charge is 0.497 e. The quantitative estimate of drug-likeness (QED) is 0.750. The van der Waals surface area contributed by atoms with Gasteiger partial charge in [0.2, 0.25) is 0 Å². The maximum absolute atomic E-state index is 9.59. The highest BCUT2D eigenvalue weighted by molar-refractivity contribution is 5.43. The zero-order valence-corrected chi connectivity index (χ0v) is 18.0. The molecule has 1 aromatic carbocycles. The van der Waals surface area contributed by atoms with Crippen LogP contribution in [0.1, 0.15) is 71.4 Å². The molecular weight excluding hydrogens is 336 g/mol. The highest BCUT2D eigenvalue weighted by Gasteiger charge is 2.53. The van der Waals surface area contributed by atoms with Gasteiger partial charge in [-0.3, -0.25) is 0 Å². The summed E-state index contributed by atoms with van der Waals surface area (Å²) in [5.41, 5.74) is 3.50. The topological polar surface area (TPSA) is 38.7 Å². The summed E-state index contributed by atoms with van der Waals surface area (Å²) in [6.45, 7) is 12.1. The van der Waals surface area contributed by atoms with Crippen LogP contribution in [0.15, 0.2) is 18.2 Å².